The molecule has 1 aromatic carbocycles. The van der Waals surface area contributed by atoms with Crippen LogP contribution in [-0.4, -0.2) is 4.98 Å². The van der Waals surface area contributed by atoms with Gasteiger partial charge in [0.2, 0.25) is 0 Å². The predicted molar refractivity (Wildman–Crippen MR) is 74.1 cm³/mol. The predicted octanol–water partition coefficient (Wildman–Crippen LogP) is 4.22. The van der Waals surface area contributed by atoms with Gasteiger partial charge in [-0.3, -0.25) is 4.98 Å². The fourth-order valence-corrected chi connectivity index (χ4v) is 2.70. The molecule has 2 rings (SSSR count). The number of nitrogens with zero attached hydrogens (tertiary/aromatic N) is 1. The molecular weight excluding hydrogens is 333 g/mol. The van der Waals surface area contributed by atoms with Gasteiger partial charge in [-0.15, -0.1) is 0 Å². The quantitative estimate of drug-likeness (QED) is 0.885. The second kappa shape index (κ2) is 5.54. The third-order valence-electron chi connectivity index (χ3n) is 2.98. The number of benzene rings is 1. The highest BCUT2D eigenvalue weighted by Gasteiger charge is 2.35. The van der Waals surface area contributed by atoms with Crippen molar-refractivity contribution in [1.29, 1.82) is 0 Å². The Bertz CT molecular complexity index is 626. The zero-order chi connectivity index (χ0) is 14.9. The molecule has 0 amide bonds. The van der Waals surface area contributed by atoms with Gasteiger partial charge in [-0.1, -0.05) is 28.1 Å². The van der Waals surface area contributed by atoms with Crippen LogP contribution in [0.1, 0.15) is 28.3 Å². The Kier molecular flexibility index (Phi) is 4.15. The Labute approximate surface area is 123 Å². The van der Waals surface area contributed by atoms with Gasteiger partial charge in [0.15, 0.2) is 0 Å². The van der Waals surface area contributed by atoms with Gasteiger partial charge in [0, 0.05) is 22.4 Å². The molecule has 1 aromatic heterocycles. The number of hydrogen-bond acceptors (Lipinski definition) is 2. The van der Waals surface area contributed by atoms with E-state index in [0.717, 1.165) is 17.8 Å². The number of pyridine rings is 1. The average Bonchev–Trinajstić information content (AvgIpc) is 2.37. The normalized spacial score (nSPS) is 13.3. The molecule has 1 atom stereocenters. The summed E-state index contributed by atoms with van der Waals surface area (Å²) in [6, 6.07) is 5.40. The minimum Gasteiger partial charge on any atom is -0.320 e. The molecule has 2 N–H and O–H groups in total. The molecule has 0 radical (unpaired) electrons. The number of aryl methyl sites for hydroxylation is 1. The van der Waals surface area contributed by atoms with Gasteiger partial charge >= 0.3 is 6.18 Å². The van der Waals surface area contributed by atoms with Crippen LogP contribution in [0.5, 0.6) is 0 Å². The Morgan fingerprint density at radius 3 is 2.50 bits per heavy atom. The van der Waals surface area contributed by atoms with E-state index in [1.807, 2.05) is 19.1 Å². The second-order valence-electron chi connectivity index (χ2n) is 4.46. The minimum absolute atomic E-state index is 0.0375. The van der Waals surface area contributed by atoms with Gasteiger partial charge < -0.3 is 5.73 Å². The van der Waals surface area contributed by atoms with Crippen LogP contribution in [0.25, 0.3) is 0 Å². The minimum atomic E-state index is -4.45. The van der Waals surface area contributed by atoms with Crippen molar-refractivity contribution in [2.45, 2.75) is 19.1 Å². The van der Waals surface area contributed by atoms with E-state index in [1.165, 1.54) is 6.20 Å². The second-order valence-corrected chi connectivity index (χ2v) is 5.32. The molecule has 1 unspecified atom stereocenters. The van der Waals surface area contributed by atoms with E-state index in [-0.39, 0.29) is 5.56 Å². The standard InChI is InChI=1S/C14H12BrF3N2/c1-8-2-3-9(12(15)6-8)13(19)10-7-20-5-4-11(10)14(16,17)18/h2-7,13H,19H2,1H3. The number of hydrogen-bond donors (Lipinski definition) is 1. The van der Waals surface area contributed by atoms with Crippen LogP contribution in [0, 0.1) is 6.92 Å². The lowest BCUT2D eigenvalue weighted by atomic mass is 9.96. The van der Waals surface area contributed by atoms with Crippen LogP contribution in [0.3, 0.4) is 0 Å². The van der Waals surface area contributed by atoms with E-state index in [0.29, 0.717) is 10.0 Å². The first-order valence-electron chi connectivity index (χ1n) is 5.83. The Morgan fingerprint density at radius 2 is 1.90 bits per heavy atom. The van der Waals surface area contributed by atoms with Gasteiger partial charge in [-0.2, -0.15) is 13.2 Å². The Balaban J connectivity index is 2.51. The van der Waals surface area contributed by atoms with E-state index in [2.05, 4.69) is 20.9 Å². The number of nitrogens with two attached hydrogens (primary N) is 1. The van der Waals surface area contributed by atoms with Gasteiger partial charge in [-0.25, -0.2) is 0 Å². The number of halogens is 4. The maximum Gasteiger partial charge on any atom is 0.416 e. The number of aromatic nitrogens is 1. The van der Waals surface area contributed by atoms with E-state index in [4.69, 9.17) is 5.73 Å². The highest BCUT2D eigenvalue weighted by Crippen LogP contribution is 2.36. The topological polar surface area (TPSA) is 38.9 Å². The highest BCUT2D eigenvalue weighted by molar-refractivity contribution is 9.10. The molecule has 0 fully saturated rings. The summed E-state index contributed by atoms with van der Waals surface area (Å²) in [5, 5.41) is 0. The molecule has 2 nitrogen and oxygen atoms in total. The van der Waals surface area contributed by atoms with Gasteiger partial charge in [0.25, 0.3) is 0 Å². The van der Waals surface area contributed by atoms with Crippen molar-refractivity contribution in [1.82, 2.24) is 4.98 Å². The fourth-order valence-electron chi connectivity index (χ4n) is 1.96. The lowest BCUT2D eigenvalue weighted by Gasteiger charge is -2.19. The molecule has 1 heterocycles. The summed E-state index contributed by atoms with van der Waals surface area (Å²) in [5.41, 5.74) is 6.79. The molecular formula is C14H12BrF3N2. The summed E-state index contributed by atoms with van der Waals surface area (Å²) in [4.78, 5) is 3.76. The SMILES string of the molecule is Cc1ccc(C(N)c2cnccc2C(F)(F)F)c(Br)c1. The van der Waals surface area contributed by atoms with Crippen molar-refractivity contribution in [3.05, 3.63) is 63.4 Å². The van der Waals surface area contributed by atoms with Crippen molar-refractivity contribution >= 4 is 15.9 Å². The molecule has 0 aliphatic carbocycles. The maximum absolute atomic E-state index is 13.0. The Morgan fingerprint density at radius 1 is 1.20 bits per heavy atom. The summed E-state index contributed by atoms with van der Waals surface area (Å²) in [6.07, 6.45) is -2.17. The molecule has 6 heteroatoms. The van der Waals surface area contributed by atoms with Gasteiger partial charge in [0.05, 0.1) is 11.6 Å². The average molecular weight is 345 g/mol. The first-order chi connectivity index (χ1) is 9.30. The van der Waals surface area contributed by atoms with E-state index < -0.39 is 17.8 Å². The first-order valence-corrected chi connectivity index (χ1v) is 6.62. The molecule has 0 spiro atoms. The van der Waals surface area contributed by atoms with E-state index in [1.54, 1.807) is 6.07 Å². The summed E-state index contributed by atoms with van der Waals surface area (Å²) < 4.78 is 39.7. The van der Waals surface area contributed by atoms with Crippen LogP contribution < -0.4 is 5.73 Å². The van der Waals surface area contributed by atoms with Crippen LogP contribution in [-0.2, 0) is 6.18 Å². The highest BCUT2D eigenvalue weighted by atomic mass is 79.9. The zero-order valence-electron chi connectivity index (χ0n) is 10.6. The monoisotopic (exact) mass is 344 g/mol. The smallest absolute Gasteiger partial charge is 0.320 e. The molecule has 0 bridgehead atoms. The fraction of sp³-hybridized carbons (Fsp3) is 0.214. The lowest BCUT2D eigenvalue weighted by molar-refractivity contribution is -0.138. The van der Waals surface area contributed by atoms with Crippen molar-refractivity contribution < 1.29 is 13.2 Å². The van der Waals surface area contributed by atoms with Crippen LogP contribution in [0.2, 0.25) is 0 Å². The van der Waals surface area contributed by atoms with E-state index in [9.17, 15) is 13.2 Å². The van der Waals surface area contributed by atoms with E-state index >= 15 is 0 Å². The largest absolute Gasteiger partial charge is 0.416 e. The summed E-state index contributed by atoms with van der Waals surface area (Å²) in [6.45, 7) is 1.89. The molecule has 106 valence electrons. The summed E-state index contributed by atoms with van der Waals surface area (Å²) in [7, 11) is 0. The van der Waals surface area contributed by atoms with Crippen molar-refractivity contribution in [2.24, 2.45) is 5.73 Å². The summed E-state index contributed by atoms with van der Waals surface area (Å²) >= 11 is 3.34. The number of alkyl halides is 3. The lowest BCUT2D eigenvalue weighted by Crippen LogP contribution is -2.19. The molecule has 0 saturated carbocycles. The third kappa shape index (κ3) is 3.02. The third-order valence-corrected chi connectivity index (χ3v) is 3.67. The van der Waals surface area contributed by atoms with Crippen molar-refractivity contribution in [2.75, 3.05) is 0 Å². The molecule has 0 aliphatic heterocycles. The van der Waals surface area contributed by atoms with Crippen LogP contribution in [0.4, 0.5) is 13.2 Å². The van der Waals surface area contributed by atoms with Gasteiger partial charge in [-0.05, 0) is 30.2 Å². The zero-order valence-corrected chi connectivity index (χ0v) is 12.2. The summed E-state index contributed by atoms with van der Waals surface area (Å²) in [5.74, 6) is 0. The van der Waals surface area contributed by atoms with Crippen molar-refractivity contribution in [3.8, 4) is 0 Å². The number of rotatable bonds is 2. The Hall–Kier alpha value is -1.40. The van der Waals surface area contributed by atoms with Gasteiger partial charge in [0.1, 0.15) is 0 Å². The van der Waals surface area contributed by atoms with Crippen molar-refractivity contribution in [3.63, 3.8) is 0 Å². The maximum atomic E-state index is 13.0. The molecule has 20 heavy (non-hydrogen) atoms. The first kappa shape index (κ1) is 15.0. The van der Waals surface area contributed by atoms with Crippen LogP contribution >= 0.6 is 15.9 Å². The molecule has 2 aromatic rings. The molecule has 0 aliphatic rings. The van der Waals surface area contributed by atoms with Crippen LogP contribution in [0.15, 0.2) is 41.1 Å². The molecule has 0 saturated heterocycles.